The van der Waals surface area contributed by atoms with Crippen molar-refractivity contribution in [2.45, 2.75) is 6.92 Å². The van der Waals surface area contributed by atoms with E-state index in [1.807, 2.05) is 37.3 Å². The van der Waals surface area contributed by atoms with E-state index in [9.17, 15) is 5.21 Å². The summed E-state index contributed by atoms with van der Waals surface area (Å²) < 4.78 is 0. The van der Waals surface area contributed by atoms with Crippen molar-refractivity contribution in [3.05, 3.63) is 87.7 Å². The minimum atomic E-state index is 0.220. The van der Waals surface area contributed by atoms with Crippen LogP contribution in [0.3, 0.4) is 0 Å². The van der Waals surface area contributed by atoms with Crippen molar-refractivity contribution in [3.63, 3.8) is 0 Å². The van der Waals surface area contributed by atoms with E-state index < -0.39 is 0 Å². The Morgan fingerprint density at radius 2 is 1.84 bits per heavy atom. The van der Waals surface area contributed by atoms with Gasteiger partial charge in [0.1, 0.15) is 11.4 Å². The van der Waals surface area contributed by atoms with Gasteiger partial charge >= 0.3 is 0 Å². The summed E-state index contributed by atoms with van der Waals surface area (Å²) in [6.45, 7) is 2.03. The SMILES string of the molecule is Cc1ccccc1Nc1ccc(C(=NO)c2ncccc2Cl)c(Cl)c1. The van der Waals surface area contributed by atoms with Crippen LogP contribution in [-0.4, -0.2) is 15.9 Å². The maximum absolute atomic E-state index is 9.44. The fourth-order valence-electron chi connectivity index (χ4n) is 2.44. The molecule has 0 aliphatic carbocycles. The summed E-state index contributed by atoms with van der Waals surface area (Å²) in [5.74, 6) is 0. The van der Waals surface area contributed by atoms with Crippen molar-refractivity contribution in [3.8, 4) is 0 Å². The number of aryl methyl sites for hydroxylation is 1. The van der Waals surface area contributed by atoms with Crippen LogP contribution in [0, 0.1) is 6.92 Å². The van der Waals surface area contributed by atoms with Crippen molar-refractivity contribution in [2.24, 2.45) is 5.16 Å². The van der Waals surface area contributed by atoms with Gasteiger partial charge in [-0.3, -0.25) is 4.98 Å². The Morgan fingerprint density at radius 3 is 2.52 bits per heavy atom. The van der Waals surface area contributed by atoms with Crippen LogP contribution < -0.4 is 5.32 Å². The van der Waals surface area contributed by atoms with Crippen LogP contribution in [0.1, 0.15) is 16.8 Å². The van der Waals surface area contributed by atoms with Crippen LogP contribution >= 0.6 is 23.2 Å². The van der Waals surface area contributed by atoms with E-state index >= 15 is 0 Å². The number of halogens is 2. The highest BCUT2D eigenvalue weighted by Crippen LogP contribution is 2.28. The molecular weight excluding hydrogens is 357 g/mol. The fraction of sp³-hybridized carbons (Fsp3) is 0.0526. The summed E-state index contributed by atoms with van der Waals surface area (Å²) in [7, 11) is 0. The van der Waals surface area contributed by atoms with Gasteiger partial charge in [-0.25, -0.2) is 0 Å². The van der Waals surface area contributed by atoms with Gasteiger partial charge in [0.25, 0.3) is 0 Å². The quantitative estimate of drug-likeness (QED) is 0.353. The normalized spacial score (nSPS) is 11.4. The lowest BCUT2D eigenvalue weighted by Gasteiger charge is -2.12. The number of nitrogens with one attached hydrogen (secondary N) is 1. The minimum Gasteiger partial charge on any atom is -0.410 e. The van der Waals surface area contributed by atoms with Crippen LogP contribution in [0.5, 0.6) is 0 Å². The first kappa shape index (κ1) is 17.3. The molecule has 0 saturated heterocycles. The zero-order chi connectivity index (χ0) is 17.8. The molecule has 0 radical (unpaired) electrons. The molecule has 0 fully saturated rings. The zero-order valence-electron chi connectivity index (χ0n) is 13.4. The first-order valence-corrected chi connectivity index (χ1v) is 8.31. The molecule has 4 nitrogen and oxygen atoms in total. The third kappa shape index (κ3) is 3.76. The molecule has 0 atom stereocenters. The minimum absolute atomic E-state index is 0.220. The number of hydrogen-bond acceptors (Lipinski definition) is 4. The lowest BCUT2D eigenvalue weighted by Crippen LogP contribution is -2.08. The van der Waals surface area contributed by atoms with Gasteiger partial charge in [-0.2, -0.15) is 0 Å². The molecule has 2 N–H and O–H groups in total. The monoisotopic (exact) mass is 371 g/mol. The van der Waals surface area contributed by atoms with E-state index in [0.717, 1.165) is 16.9 Å². The molecular formula is C19H15Cl2N3O. The predicted octanol–water partition coefficient (Wildman–Crippen LogP) is 5.67. The average molecular weight is 372 g/mol. The number of oxime groups is 1. The fourth-order valence-corrected chi connectivity index (χ4v) is 2.92. The molecule has 0 unspecified atom stereocenters. The predicted molar refractivity (Wildman–Crippen MR) is 103 cm³/mol. The van der Waals surface area contributed by atoms with Crippen LogP contribution in [0.4, 0.5) is 11.4 Å². The highest BCUT2D eigenvalue weighted by atomic mass is 35.5. The molecule has 3 aromatic rings. The summed E-state index contributed by atoms with van der Waals surface area (Å²) in [5.41, 5.74) is 4.08. The van der Waals surface area contributed by atoms with E-state index in [0.29, 0.717) is 21.3 Å². The molecule has 1 heterocycles. The van der Waals surface area contributed by atoms with Gasteiger partial charge in [-0.05, 0) is 48.9 Å². The Hall–Kier alpha value is -2.56. The number of benzene rings is 2. The topological polar surface area (TPSA) is 57.5 Å². The zero-order valence-corrected chi connectivity index (χ0v) is 14.9. The second-order valence-corrected chi connectivity index (χ2v) is 6.23. The molecule has 2 aromatic carbocycles. The lowest BCUT2D eigenvalue weighted by molar-refractivity contribution is 0.319. The smallest absolute Gasteiger partial charge is 0.138 e. The van der Waals surface area contributed by atoms with Gasteiger partial charge in [-0.15, -0.1) is 0 Å². The maximum Gasteiger partial charge on any atom is 0.138 e. The molecule has 3 rings (SSSR count). The van der Waals surface area contributed by atoms with Gasteiger partial charge in [0.15, 0.2) is 0 Å². The van der Waals surface area contributed by atoms with Crippen LogP contribution in [0.15, 0.2) is 65.9 Å². The second kappa shape index (κ2) is 7.55. The number of pyridine rings is 1. The maximum atomic E-state index is 9.44. The van der Waals surface area contributed by atoms with Crippen LogP contribution in [0.25, 0.3) is 0 Å². The molecule has 0 amide bonds. The third-order valence-electron chi connectivity index (χ3n) is 3.73. The van der Waals surface area contributed by atoms with Crippen molar-refractivity contribution in [1.29, 1.82) is 0 Å². The first-order valence-electron chi connectivity index (χ1n) is 7.55. The van der Waals surface area contributed by atoms with Crippen molar-refractivity contribution in [1.82, 2.24) is 4.98 Å². The molecule has 126 valence electrons. The highest BCUT2D eigenvalue weighted by molar-refractivity contribution is 6.38. The molecule has 0 aliphatic heterocycles. The first-order chi connectivity index (χ1) is 12.1. The van der Waals surface area contributed by atoms with Crippen LogP contribution in [0.2, 0.25) is 10.0 Å². The summed E-state index contributed by atoms with van der Waals surface area (Å²) in [5, 5.41) is 16.9. The number of anilines is 2. The van der Waals surface area contributed by atoms with Gasteiger partial charge in [0, 0.05) is 23.1 Å². The molecule has 0 bridgehead atoms. The van der Waals surface area contributed by atoms with E-state index in [2.05, 4.69) is 15.5 Å². The Balaban J connectivity index is 1.94. The van der Waals surface area contributed by atoms with E-state index in [1.165, 1.54) is 0 Å². The molecule has 25 heavy (non-hydrogen) atoms. The number of rotatable bonds is 4. The van der Waals surface area contributed by atoms with Crippen molar-refractivity contribution >= 4 is 40.3 Å². The largest absolute Gasteiger partial charge is 0.410 e. The Labute approximate surface area is 155 Å². The van der Waals surface area contributed by atoms with E-state index in [-0.39, 0.29) is 5.71 Å². The molecule has 6 heteroatoms. The molecule has 1 aromatic heterocycles. The van der Waals surface area contributed by atoms with Crippen molar-refractivity contribution in [2.75, 3.05) is 5.32 Å². The molecule has 0 aliphatic rings. The summed E-state index contributed by atoms with van der Waals surface area (Å²) in [4.78, 5) is 4.17. The third-order valence-corrected chi connectivity index (χ3v) is 4.35. The summed E-state index contributed by atoms with van der Waals surface area (Å²) in [6, 6.07) is 16.7. The highest BCUT2D eigenvalue weighted by Gasteiger charge is 2.16. The Kier molecular flexibility index (Phi) is 5.22. The summed E-state index contributed by atoms with van der Waals surface area (Å²) in [6.07, 6.45) is 1.58. The van der Waals surface area contributed by atoms with Crippen molar-refractivity contribution < 1.29 is 5.21 Å². The lowest BCUT2D eigenvalue weighted by atomic mass is 10.1. The number of hydrogen-bond donors (Lipinski definition) is 2. The Morgan fingerprint density at radius 1 is 1.04 bits per heavy atom. The summed E-state index contributed by atoms with van der Waals surface area (Å²) >= 11 is 12.6. The van der Waals surface area contributed by atoms with E-state index in [1.54, 1.807) is 30.5 Å². The Bertz CT molecular complexity index is 941. The van der Waals surface area contributed by atoms with Crippen LogP contribution in [-0.2, 0) is 0 Å². The molecule has 0 spiro atoms. The average Bonchev–Trinajstić information content (AvgIpc) is 2.61. The number of aromatic nitrogens is 1. The number of para-hydroxylation sites is 1. The standard InChI is InChI=1S/C19H15Cl2N3O/c1-12-5-2-3-7-17(12)23-13-8-9-14(16(21)11-13)18(24-25)19-15(20)6-4-10-22-19/h2-11,23,25H,1H3. The second-order valence-electron chi connectivity index (χ2n) is 5.42. The van der Waals surface area contributed by atoms with Gasteiger partial charge in [-0.1, -0.05) is 46.6 Å². The van der Waals surface area contributed by atoms with Gasteiger partial charge in [0.2, 0.25) is 0 Å². The molecule has 0 saturated carbocycles. The number of nitrogens with zero attached hydrogens (tertiary/aromatic N) is 2. The van der Waals surface area contributed by atoms with E-state index in [4.69, 9.17) is 23.2 Å². The van der Waals surface area contributed by atoms with Gasteiger partial charge in [0.05, 0.1) is 10.0 Å². The van der Waals surface area contributed by atoms with Gasteiger partial charge < -0.3 is 10.5 Å².